The number of carboxylic acid groups (broad SMARTS) is 1. The largest absolute Gasteiger partial charge is 0.495 e. The summed E-state index contributed by atoms with van der Waals surface area (Å²) in [6.07, 6.45) is -1.19. The molecular weight excluding hydrogens is 555 g/mol. The van der Waals surface area contributed by atoms with E-state index < -0.39 is 12.1 Å². The standard InChI is InChI=1S/C25H32ClN3O4.C2HF3O2/c1-29-12-11-25(16-5-7-21(32-3)22(13-16)33-4)10-9-18(15-23(25)29)28-24(30)27-17-6-8-20(31-2)19(26)14-17;3-2(4,5)1(6)7/h5-8,13-14,18,23H,9-12,15H2,1-4H3,(H2,27,28,30);(H,6,7)/t18-,23+,25+;/m1./s1. The number of amides is 2. The molecule has 0 radical (unpaired) electrons. The topological polar surface area (TPSA) is 109 Å². The van der Waals surface area contributed by atoms with Gasteiger partial charge in [-0.3, -0.25) is 0 Å². The molecule has 1 saturated carbocycles. The summed E-state index contributed by atoms with van der Waals surface area (Å²) in [6.45, 7) is 1.03. The Bertz CT molecular complexity index is 1210. The molecule has 2 aromatic carbocycles. The molecule has 2 amide bonds. The molecule has 4 rings (SSSR count). The second-order valence-corrected chi connectivity index (χ2v) is 10.1. The van der Waals surface area contributed by atoms with Crippen molar-refractivity contribution in [2.24, 2.45) is 0 Å². The third kappa shape index (κ3) is 7.03. The van der Waals surface area contributed by atoms with E-state index in [1.807, 2.05) is 6.07 Å². The van der Waals surface area contributed by atoms with Gasteiger partial charge < -0.3 is 34.9 Å². The Kier molecular flexibility index (Phi) is 10.0. The number of alkyl halides is 3. The van der Waals surface area contributed by atoms with Crippen LogP contribution in [0.3, 0.4) is 0 Å². The zero-order valence-electron chi connectivity index (χ0n) is 22.6. The number of benzene rings is 2. The van der Waals surface area contributed by atoms with E-state index in [2.05, 4.69) is 34.7 Å². The van der Waals surface area contributed by atoms with E-state index in [0.29, 0.717) is 22.5 Å². The maximum absolute atomic E-state index is 12.7. The summed E-state index contributed by atoms with van der Waals surface area (Å²) in [6, 6.07) is 11.7. The number of anilines is 1. The zero-order chi connectivity index (χ0) is 29.7. The smallest absolute Gasteiger partial charge is 0.490 e. The average molecular weight is 588 g/mol. The minimum Gasteiger partial charge on any atom is -0.495 e. The monoisotopic (exact) mass is 587 g/mol. The molecule has 0 aromatic heterocycles. The molecule has 9 nitrogen and oxygen atoms in total. The fourth-order valence-electron chi connectivity index (χ4n) is 5.49. The summed E-state index contributed by atoms with van der Waals surface area (Å²) in [5.74, 6) is -0.681. The number of carbonyl (C=O) groups excluding carboxylic acids is 1. The van der Waals surface area contributed by atoms with Crippen molar-refractivity contribution >= 4 is 29.3 Å². The van der Waals surface area contributed by atoms with Gasteiger partial charge in [0.25, 0.3) is 0 Å². The number of hydrogen-bond acceptors (Lipinski definition) is 6. The van der Waals surface area contributed by atoms with Crippen molar-refractivity contribution < 1.29 is 42.1 Å². The van der Waals surface area contributed by atoms with Crippen molar-refractivity contribution in [1.29, 1.82) is 0 Å². The molecule has 220 valence electrons. The van der Waals surface area contributed by atoms with Crippen LogP contribution in [0.1, 0.15) is 31.2 Å². The van der Waals surface area contributed by atoms with Gasteiger partial charge in [0.05, 0.1) is 26.4 Å². The Morgan fingerprint density at radius 1 is 1.02 bits per heavy atom. The number of nitrogens with one attached hydrogen (secondary N) is 2. The predicted molar refractivity (Wildman–Crippen MR) is 144 cm³/mol. The third-order valence-electron chi connectivity index (χ3n) is 7.47. The average Bonchev–Trinajstić information content (AvgIpc) is 3.25. The maximum atomic E-state index is 12.7. The molecule has 0 spiro atoms. The number of likely N-dealkylation sites (N-methyl/N-ethyl adjacent to an activating group) is 1. The van der Waals surface area contributed by atoms with Crippen LogP contribution in [-0.2, 0) is 10.2 Å². The fourth-order valence-corrected chi connectivity index (χ4v) is 5.75. The Hall–Kier alpha value is -3.38. The lowest BCUT2D eigenvalue weighted by molar-refractivity contribution is -0.192. The Balaban J connectivity index is 0.000000559. The summed E-state index contributed by atoms with van der Waals surface area (Å²) < 4.78 is 47.9. The molecule has 40 heavy (non-hydrogen) atoms. The SMILES string of the molecule is COc1ccc(NC(=O)N[C@@H]2CC[C@@]3(c4ccc(OC)c(OC)c4)CCN(C)[C@H]3C2)cc1Cl.O=C(O)C(F)(F)F. The molecule has 0 bridgehead atoms. The van der Waals surface area contributed by atoms with E-state index in [4.69, 9.17) is 35.7 Å². The van der Waals surface area contributed by atoms with Gasteiger partial charge in [-0.1, -0.05) is 17.7 Å². The number of halogens is 4. The molecular formula is C27H33ClF3N3O6. The van der Waals surface area contributed by atoms with Gasteiger partial charge in [-0.15, -0.1) is 0 Å². The van der Waals surface area contributed by atoms with Crippen molar-refractivity contribution in [3.05, 3.63) is 47.0 Å². The van der Waals surface area contributed by atoms with Crippen LogP contribution in [0.5, 0.6) is 17.2 Å². The van der Waals surface area contributed by atoms with Crippen LogP contribution in [0.15, 0.2) is 36.4 Å². The first kappa shape index (κ1) is 31.2. The van der Waals surface area contributed by atoms with Gasteiger partial charge >= 0.3 is 18.2 Å². The quantitative estimate of drug-likeness (QED) is 0.420. The summed E-state index contributed by atoms with van der Waals surface area (Å²) in [4.78, 5) is 24.0. The highest BCUT2D eigenvalue weighted by Crippen LogP contribution is 2.49. The van der Waals surface area contributed by atoms with Gasteiger partial charge in [0.15, 0.2) is 11.5 Å². The first-order valence-electron chi connectivity index (χ1n) is 12.5. The molecule has 3 atom stereocenters. The molecule has 2 fully saturated rings. The molecule has 2 aliphatic rings. The van der Waals surface area contributed by atoms with Crippen LogP contribution >= 0.6 is 11.6 Å². The van der Waals surface area contributed by atoms with Gasteiger partial charge in [-0.25, -0.2) is 9.59 Å². The third-order valence-corrected chi connectivity index (χ3v) is 7.77. The molecule has 1 aliphatic carbocycles. The first-order chi connectivity index (χ1) is 18.8. The van der Waals surface area contributed by atoms with E-state index in [1.165, 1.54) is 5.56 Å². The van der Waals surface area contributed by atoms with E-state index in [1.54, 1.807) is 39.5 Å². The van der Waals surface area contributed by atoms with Crippen LogP contribution in [0.25, 0.3) is 0 Å². The van der Waals surface area contributed by atoms with Crippen molar-refractivity contribution in [2.45, 2.75) is 49.4 Å². The number of likely N-dealkylation sites (tertiary alicyclic amines) is 1. The number of carbonyl (C=O) groups is 2. The van der Waals surface area contributed by atoms with Crippen molar-refractivity contribution in [3.63, 3.8) is 0 Å². The highest BCUT2D eigenvalue weighted by Gasteiger charge is 2.50. The number of carboxylic acids is 1. The summed E-state index contributed by atoms with van der Waals surface area (Å²) in [5, 5.41) is 13.6. The first-order valence-corrected chi connectivity index (χ1v) is 12.9. The Labute approximate surface area is 235 Å². The molecule has 1 aliphatic heterocycles. The van der Waals surface area contributed by atoms with Crippen LogP contribution < -0.4 is 24.8 Å². The summed E-state index contributed by atoms with van der Waals surface area (Å²) >= 11 is 6.18. The van der Waals surface area contributed by atoms with Crippen LogP contribution in [-0.4, -0.2) is 75.2 Å². The van der Waals surface area contributed by atoms with E-state index in [0.717, 1.165) is 43.7 Å². The second-order valence-electron chi connectivity index (χ2n) is 9.69. The number of rotatable bonds is 6. The van der Waals surface area contributed by atoms with Crippen LogP contribution in [0.4, 0.5) is 23.7 Å². The van der Waals surface area contributed by atoms with E-state index >= 15 is 0 Å². The molecule has 0 unspecified atom stereocenters. The number of hydrogen-bond donors (Lipinski definition) is 3. The van der Waals surface area contributed by atoms with Gasteiger partial charge in [0.2, 0.25) is 0 Å². The number of aliphatic carboxylic acids is 1. The predicted octanol–water partition coefficient (Wildman–Crippen LogP) is 5.32. The van der Waals surface area contributed by atoms with Crippen LogP contribution in [0.2, 0.25) is 5.02 Å². The highest BCUT2D eigenvalue weighted by atomic mass is 35.5. The van der Waals surface area contributed by atoms with E-state index in [-0.39, 0.29) is 17.5 Å². The summed E-state index contributed by atoms with van der Waals surface area (Å²) in [5.41, 5.74) is 1.96. The number of fused-ring (bicyclic) bond motifs is 1. The molecule has 1 heterocycles. The molecule has 2 aromatic rings. The molecule has 1 saturated heterocycles. The lowest BCUT2D eigenvalue weighted by Crippen LogP contribution is -2.52. The number of urea groups is 1. The fraction of sp³-hybridized carbons (Fsp3) is 0.481. The normalized spacial score (nSPS) is 22.3. The Morgan fingerprint density at radius 2 is 1.65 bits per heavy atom. The van der Waals surface area contributed by atoms with Gasteiger partial charge in [-0.2, -0.15) is 13.2 Å². The van der Waals surface area contributed by atoms with Gasteiger partial charge in [0.1, 0.15) is 5.75 Å². The minimum absolute atomic E-state index is 0.0481. The van der Waals surface area contributed by atoms with Crippen molar-refractivity contribution in [1.82, 2.24) is 10.2 Å². The highest BCUT2D eigenvalue weighted by molar-refractivity contribution is 6.32. The van der Waals surface area contributed by atoms with Gasteiger partial charge in [0, 0.05) is 23.2 Å². The summed E-state index contributed by atoms with van der Waals surface area (Å²) in [7, 11) is 7.07. The lowest BCUT2D eigenvalue weighted by atomic mass is 9.65. The maximum Gasteiger partial charge on any atom is 0.490 e. The Morgan fingerprint density at radius 3 is 2.23 bits per heavy atom. The lowest BCUT2D eigenvalue weighted by Gasteiger charge is -2.45. The van der Waals surface area contributed by atoms with Crippen molar-refractivity contribution in [2.75, 3.05) is 40.2 Å². The number of methoxy groups -OCH3 is 3. The molecule has 13 heteroatoms. The minimum atomic E-state index is -5.08. The zero-order valence-corrected chi connectivity index (χ0v) is 23.4. The number of ether oxygens (including phenoxy) is 3. The van der Waals surface area contributed by atoms with Crippen LogP contribution in [0, 0.1) is 0 Å². The van der Waals surface area contributed by atoms with Gasteiger partial charge in [-0.05, 0) is 75.2 Å². The van der Waals surface area contributed by atoms with Crippen molar-refractivity contribution in [3.8, 4) is 17.2 Å². The van der Waals surface area contributed by atoms with E-state index in [9.17, 15) is 18.0 Å². The molecule has 3 N–H and O–H groups in total. The second kappa shape index (κ2) is 12.9. The number of nitrogens with zero attached hydrogens (tertiary/aromatic N) is 1.